The molecule has 0 fully saturated rings. The predicted octanol–water partition coefficient (Wildman–Crippen LogP) is 2.60. The van der Waals surface area contributed by atoms with Gasteiger partial charge in [-0.2, -0.15) is 0 Å². The number of non-ortho nitro benzene ring substituents is 1. The van der Waals surface area contributed by atoms with Gasteiger partial charge in [0.1, 0.15) is 14.5 Å². The Bertz CT molecular complexity index is 750. The van der Waals surface area contributed by atoms with Crippen LogP contribution >= 0.6 is 34.2 Å². The summed E-state index contributed by atoms with van der Waals surface area (Å²) < 4.78 is 14.7. The highest BCUT2D eigenvalue weighted by molar-refractivity contribution is 14.1. The second-order valence-electron chi connectivity index (χ2n) is 3.86. The second kappa shape index (κ2) is 5.83. The lowest BCUT2D eigenvalue weighted by Crippen LogP contribution is -2.23. The molecule has 6 nitrogen and oxygen atoms in total. The van der Waals surface area contributed by atoms with E-state index in [0.717, 1.165) is 12.1 Å². The lowest BCUT2D eigenvalue weighted by Gasteiger charge is -2.06. The number of nitro groups is 1. The number of benzene rings is 1. The van der Waals surface area contributed by atoms with E-state index < -0.39 is 16.3 Å². The SMILES string of the molecule is O=c1c(I)c(Cl)ncn1Cc1cc(F)cc([N+](=O)[O-])c1. The molecule has 0 atom stereocenters. The van der Waals surface area contributed by atoms with Crippen molar-refractivity contribution < 1.29 is 9.31 Å². The summed E-state index contributed by atoms with van der Waals surface area (Å²) in [6.07, 6.45) is 1.21. The van der Waals surface area contributed by atoms with E-state index in [9.17, 15) is 19.3 Å². The zero-order valence-corrected chi connectivity index (χ0v) is 12.6. The van der Waals surface area contributed by atoms with Crippen molar-refractivity contribution in [3.8, 4) is 0 Å². The molecular weight excluding hydrogens is 403 g/mol. The van der Waals surface area contributed by atoms with E-state index in [-0.39, 0.29) is 21.0 Å². The number of halogens is 3. The highest BCUT2D eigenvalue weighted by Crippen LogP contribution is 2.17. The average Bonchev–Trinajstić information content (AvgIpc) is 2.39. The molecule has 20 heavy (non-hydrogen) atoms. The van der Waals surface area contributed by atoms with Gasteiger partial charge in [-0.1, -0.05) is 11.6 Å². The zero-order chi connectivity index (χ0) is 14.9. The van der Waals surface area contributed by atoms with Crippen LogP contribution in [0.4, 0.5) is 10.1 Å². The normalized spacial score (nSPS) is 10.6. The smallest absolute Gasteiger partial charge is 0.272 e. The van der Waals surface area contributed by atoms with Gasteiger partial charge in [-0.3, -0.25) is 19.5 Å². The molecule has 0 aliphatic heterocycles. The maximum Gasteiger partial charge on any atom is 0.272 e. The van der Waals surface area contributed by atoms with Crippen molar-refractivity contribution in [3.63, 3.8) is 0 Å². The molecule has 9 heteroatoms. The van der Waals surface area contributed by atoms with Crippen LogP contribution in [0.15, 0.2) is 29.3 Å². The van der Waals surface area contributed by atoms with Crippen LogP contribution in [0.1, 0.15) is 5.56 Å². The minimum absolute atomic E-state index is 0.0302. The van der Waals surface area contributed by atoms with Gasteiger partial charge in [0, 0.05) is 6.07 Å². The third-order valence-electron chi connectivity index (χ3n) is 2.45. The first-order valence-electron chi connectivity index (χ1n) is 5.23. The quantitative estimate of drug-likeness (QED) is 0.338. The molecule has 0 bridgehead atoms. The minimum atomic E-state index is -0.737. The van der Waals surface area contributed by atoms with Gasteiger partial charge < -0.3 is 0 Å². The van der Waals surface area contributed by atoms with Crippen LogP contribution in [-0.2, 0) is 6.54 Å². The number of aromatic nitrogens is 2. The van der Waals surface area contributed by atoms with Gasteiger partial charge in [0.05, 0.1) is 23.9 Å². The van der Waals surface area contributed by atoms with E-state index in [2.05, 4.69) is 4.98 Å². The molecule has 0 aliphatic rings. The van der Waals surface area contributed by atoms with E-state index >= 15 is 0 Å². The summed E-state index contributed by atoms with van der Waals surface area (Å²) in [5.41, 5.74) is -0.471. The van der Waals surface area contributed by atoms with Gasteiger partial charge in [0.15, 0.2) is 0 Å². The maximum atomic E-state index is 13.3. The molecular formula is C11H6ClFIN3O3. The second-order valence-corrected chi connectivity index (χ2v) is 5.29. The summed E-state index contributed by atoms with van der Waals surface area (Å²) in [5.74, 6) is -0.737. The van der Waals surface area contributed by atoms with Crippen molar-refractivity contribution >= 4 is 39.9 Å². The van der Waals surface area contributed by atoms with Gasteiger partial charge in [-0.25, -0.2) is 9.37 Å². The Morgan fingerprint density at radius 1 is 1.45 bits per heavy atom. The monoisotopic (exact) mass is 409 g/mol. The third-order valence-corrected chi connectivity index (χ3v) is 4.02. The van der Waals surface area contributed by atoms with Crippen LogP contribution in [0.25, 0.3) is 0 Å². The molecule has 0 amide bonds. The molecule has 0 radical (unpaired) electrons. The molecule has 0 aliphatic carbocycles. The van der Waals surface area contributed by atoms with Crippen LogP contribution in [0.5, 0.6) is 0 Å². The third kappa shape index (κ3) is 3.12. The summed E-state index contributed by atoms with van der Waals surface area (Å²) in [4.78, 5) is 25.7. The zero-order valence-electron chi connectivity index (χ0n) is 9.72. The first-order valence-corrected chi connectivity index (χ1v) is 6.68. The minimum Gasteiger partial charge on any atom is -0.294 e. The van der Waals surface area contributed by atoms with Gasteiger partial charge in [-0.05, 0) is 34.2 Å². The van der Waals surface area contributed by atoms with E-state index in [1.54, 1.807) is 22.6 Å². The molecule has 1 aromatic heterocycles. The number of nitro benzene ring substituents is 1. The van der Waals surface area contributed by atoms with Crippen molar-refractivity contribution in [3.05, 3.63) is 65.1 Å². The molecule has 2 aromatic rings. The van der Waals surface area contributed by atoms with Gasteiger partial charge in [0.25, 0.3) is 11.2 Å². The van der Waals surface area contributed by atoms with Crippen molar-refractivity contribution in [2.75, 3.05) is 0 Å². The van der Waals surface area contributed by atoms with E-state index in [0.29, 0.717) is 5.56 Å². The molecule has 0 spiro atoms. The largest absolute Gasteiger partial charge is 0.294 e. The van der Waals surface area contributed by atoms with Gasteiger partial charge in [0.2, 0.25) is 0 Å². The summed E-state index contributed by atoms with van der Waals surface area (Å²) in [6.45, 7) is -0.0302. The first-order chi connectivity index (χ1) is 9.38. The molecule has 104 valence electrons. The Kier molecular flexibility index (Phi) is 4.33. The number of hydrogen-bond donors (Lipinski definition) is 0. The molecule has 0 N–H and O–H groups in total. The molecule has 0 saturated heterocycles. The predicted molar refractivity (Wildman–Crippen MR) is 78.4 cm³/mol. The fraction of sp³-hybridized carbons (Fsp3) is 0.0909. The Hall–Kier alpha value is -1.55. The van der Waals surface area contributed by atoms with Crippen LogP contribution in [-0.4, -0.2) is 14.5 Å². The van der Waals surface area contributed by atoms with E-state index in [1.807, 2.05) is 0 Å². The molecule has 0 saturated carbocycles. The Morgan fingerprint density at radius 2 is 2.15 bits per heavy atom. The van der Waals surface area contributed by atoms with E-state index in [4.69, 9.17) is 11.6 Å². The maximum absolute atomic E-state index is 13.3. The summed E-state index contributed by atoms with van der Waals surface area (Å²) in [5, 5.41) is 10.7. The van der Waals surface area contributed by atoms with Crippen LogP contribution in [0.3, 0.4) is 0 Å². The van der Waals surface area contributed by atoms with Crippen molar-refractivity contribution in [2.24, 2.45) is 0 Å². The van der Waals surface area contributed by atoms with Crippen molar-refractivity contribution in [1.29, 1.82) is 0 Å². The lowest BCUT2D eigenvalue weighted by atomic mass is 10.2. The van der Waals surface area contributed by atoms with E-state index in [1.165, 1.54) is 17.0 Å². The lowest BCUT2D eigenvalue weighted by molar-refractivity contribution is -0.385. The molecule has 0 unspecified atom stereocenters. The number of nitrogens with zero attached hydrogens (tertiary/aromatic N) is 3. The Morgan fingerprint density at radius 3 is 2.80 bits per heavy atom. The fourth-order valence-electron chi connectivity index (χ4n) is 1.58. The average molecular weight is 410 g/mol. The van der Waals surface area contributed by atoms with Gasteiger partial charge >= 0.3 is 0 Å². The Labute approximate surface area is 130 Å². The summed E-state index contributed by atoms with van der Waals surface area (Å²) >= 11 is 7.45. The van der Waals surface area contributed by atoms with Crippen molar-refractivity contribution in [1.82, 2.24) is 9.55 Å². The molecule has 2 rings (SSSR count). The molecule has 1 aromatic carbocycles. The standard InChI is InChI=1S/C11H6ClFIN3O3/c12-10-9(14)11(18)16(5-15-10)4-6-1-7(13)3-8(2-6)17(19)20/h1-3,5H,4H2. The highest BCUT2D eigenvalue weighted by atomic mass is 127. The van der Waals surface area contributed by atoms with Crippen molar-refractivity contribution in [2.45, 2.75) is 6.54 Å². The van der Waals surface area contributed by atoms with Gasteiger partial charge in [-0.15, -0.1) is 0 Å². The fourth-order valence-corrected chi connectivity index (χ4v) is 2.16. The topological polar surface area (TPSA) is 78.0 Å². The van der Waals surface area contributed by atoms with Crippen LogP contribution < -0.4 is 5.56 Å². The summed E-state index contributed by atoms with van der Waals surface area (Å²) in [7, 11) is 0. The Balaban J connectivity index is 2.43. The summed E-state index contributed by atoms with van der Waals surface area (Å²) in [6, 6.07) is 3.15. The molecule has 1 heterocycles. The number of hydrogen-bond acceptors (Lipinski definition) is 4. The first kappa shape index (κ1) is 14.9. The van der Waals surface area contributed by atoms with Crippen LogP contribution in [0.2, 0.25) is 5.15 Å². The van der Waals surface area contributed by atoms with Crippen LogP contribution in [0, 0.1) is 19.5 Å². The highest BCUT2D eigenvalue weighted by Gasteiger charge is 2.12. The number of rotatable bonds is 3.